The normalized spacial score (nSPS) is 16.8. The number of carbonyl (C=O) groups excluding carboxylic acids is 1. The lowest BCUT2D eigenvalue weighted by molar-refractivity contribution is -0.132. The first-order chi connectivity index (χ1) is 10.8. The van der Waals surface area contributed by atoms with E-state index in [9.17, 15) is 13.2 Å². The predicted octanol–water partition coefficient (Wildman–Crippen LogP) is 2.61. The molecule has 1 aromatic carbocycles. The van der Waals surface area contributed by atoms with Gasteiger partial charge in [-0.2, -0.15) is 4.31 Å². The summed E-state index contributed by atoms with van der Waals surface area (Å²) in [5.74, 6) is 0.604. The molecule has 1 amide bonds. The molecule has 1 heterocycles. The molecule has 0 atom stereocenters. The summed E-state index contributed by atoms with van der Waals surface area (Å²) >= 11 is 5.80. The molecule has 2 rings (SSSR count). The Morgan fingerprint density at radius 1 is 1.13 bits per heavy atom. The lowest BCUT2D eigenvalue weighted by Crippen LogP contribution is -2.50. The molecular weight excluding hydrogens is 336 g/mol. The Labute approximate surface area is 143 Å². The summed E-state index contributed by atoms with van der Waals surface area (Å²) in [5, 5.41) is 0.504. The van der Waals surface area contributed by atoms with Gasteiger partial charge in [0, 0.05) is 37.6 Å². The molecule has 7 heteroatoms. The second-order valence-corrected chi connectivity index (χ2v) is 8.55. The minimum absolute atomic E-state index is 0.113. The van der Waals surface area contributed by atoms with E-state index in [1.165, 1.54) is 16.4 Å². The highest BCUT2D eigenvalue weighted by molar-refractivity contribution is 7.89. The molecule has 0 bridgehead atoms. The highest BCUT2D eigenvalue weighted by Gasteiger charge is 2.29. The minimum atomic E-state index is -3.52. The molecule has 23 heavy (non-hydrogen) atoms. The van der Waals surface area contributed by atoms with Crippen molar-refractivity contribution in [2.75, 3.05) is 26.2 Å². The number of carbonyl (C=O) groups is 1. The molecule has 1 aliphatic rings. The summed E-state index contributed by atoms with van der Waals surface area (Å²) in [6.45, 7) is 5.73. The molecule has 128 valence electrons. The van der Waals surface area contributed by atoms with Gasteiger partial charge < -0.3 is 4.90 Å². The lowest BCUT2D eigenvalue weighted by atomic mass is 10.1. The fraction of sp³-hybridized carbons (Fsp3) is 0.562. The first-order valence-corrected chi connectivity index (χ1v) is 9.66. The van der Waals surface area contributed by atoms with Crippen LogP contribution >= 0.6 is 11.6 Å². The van der Waals surface area contributed by atoms with Gasteiger partial charge in [0.25, 0.3) is 0 Å². The van der Waals surface area contributed by atoms with Crippen molar-refractivity contribution in [3.63, 3.8) is 0 Å². The fourth-order valence-corrected chi connectivity index (χ4v) is 4.05. The first-order valence-electron chi connectivity index (χ1n) is 7.84. The van der Waals surface area contributed by atoms with E-state index in [-0.39, 0.29) is 10.8 Å². The van der Waals surface area contributed by atoms with Crippen LogP contribution in [0.5, 0.6) is 0 Å². The zero-order valence-corrected chi connectivity index (χ0v) is 15.1. The van der Waals surface area contributed by atoms with Crippen LogP contribution in [0.3, 0.4) is 0 Å². The molecule has 1 saturated heterocycles. The van der Waals surface area contributed by atoms with Gasteiger partial charge in [0.2, 0.25) is 15.9 Å². The predicted molar refractivity (Wildman–Crippen MR) is 90.9 cm³/mol. The molecule has 0 aliphatic carbocycles. The van der Waals surface area contributed by atoms with Gasteiger partial charge in [-0.1, -0.05) is 25.4 Å². The van der Waals surface area contributed by atoms with E-state index in [0.29, 0.717) is 43.5 Å². The van der Waals surface area contributed by atoms with Crippen LogP contribution in [0.15, 0.2) is 29.2 Å². The average Bonchev–Trinajstić information content (AvgIpc) is 2.53. The van der Waals surface area contributed by atoms with Crippen LogP contribution in [0.2, 0.25) is 5.02 Å². The maximum atomic E-state index is 12.6. The van der Waals surface area contributed by atoms with Gasteiger partial charge in [-0.05, 0) is 36.6 Å². The zero-order valence-electron chi connectivity index (χ0n) is 13.5. The van der Waals surface area contributed by atoms with Gasteiger partial charge in [-0.25, -0.2) is 8.42 Å². The Bertz CT molecular complexity index is 636. The third-order valence-electron chi connectivity index (χ3n) is 3.98. The quantitative estimate of drug-likeness (QED) is 0.813. The molecule has 0 unspecified atom stereocenters. The van der Waals surface area contributed by atoms with Crippen molar-refractivity contribution in [1.29, 1.82) is 0 Å². The smallest absolute Gasteiger partial charge is 0.243 e. The van der Waals surface area contributed by atoms with E-state index in [2.05, 4.69) is 13.8 Å². The molecule has 0 saturated carbocycles. The van der Waals surface area contributed by atoms with E-state index >= 15 is 0 Å². The minimum Gasteiger partial charge on any atom is -0.340 e. The number of amides is 1. The number of halogens is 1. The largest absolute Gasteiger partial charge is 0.340 e. The SMILES string of the molecule is CC(C)CCC(=O)N1CCN(S(=O)(=O)c2ccc(Cl)cc2)CC1. The number of hydrogen-bond acceptors (Lipinski definition) is 3. The van der Waals surface area contributed by atoms with Gasteiger partial charge in [-0.3, -0.25) is 4.79 Å². The molecule has 0 radical (unpaired) electrons. The number of piperazine rings is 1. The average molecular weight is 359 g/mol. The van der Waals surface area contributed by atoms with Crippen molar-refractivity contribution >= 4 is 27.5 Å². The van der Waals surface area contributed by atoms with Crippen LogP contribution in [0.1, 0.15) is 26.7 Å². The van der Waals surface area contributed by atoms with Crippen LogP contribution < -0.4 is 0 Å². The second kappa shape index (κ2) is 7.64. The van der Waals surface area contributed by atoms with E-state index in [0.717, 1.165) is 6.42 Å². The van der Waals surface area contributed by atoms with E-state index < -0.39 is 10.0 Å². The molecule has 0 N–H and O–H groups in total. The lowest BCUT2D eigenvalue weighted by Gasteiger charge is -2.34. The third kappa shape index (κ3) is 4.68. The second-order valence-electron chi connectivity index (χ2n) is 6.17. The van der Waals surface area contributed by atoms with Crippen LogP contribution in [-0.4, -0.2) is 49.7 Å². The Morgan fingerprint density at radius 2 is 1.70 bits per heavy atom. The van der Waals surface area contributed by atoms with E-state index in [1.807, 2.05) is 0 Å². The van der Waals surface area contributed by atoms with Crippen LogP contribution in [0.4, 0.5) is 0 Å². The number of benzene rings is 1. The molecule has 1 fully saturated rings. The van der Waals surface area contributed by atoms with Gasteiger partial charge in [-0.15, -0.1) is 0 Å². The number of hydrogen-bond donors (Lipinski definition) is 0. The maximum absolute atomic E-state index is 12.6. The Hall–Kier alpha value is -1.11. The fourth-order valence-electron chi connectivity index (χ4n) is 2.50. The maximum Gasteiger partial charge on any atom is 0.243 e. The first kappa shape index (κ1) is 18.2. The van der Waals surface area contributed by atoms with E-state index in [4.69, 9.17) is 11.6 Å². The Morgan fingerprint density at radius 3 is 2.22 bits per heavy atom. The monoisotopic (exact) mass is 358 g/mol. The highest BCUT2D eigenvalue weighted by Crippen LogP contribution is 2.20. The third-order valence-corrected chi connectivity index (χ3v) is 6.14. The summed E-state index contributed by atoms with van der Waals surface area (Å²) in [4.78, 5) is 14.1. The summed E-state index contributed by atoms with van der Waals surface area (Å²) < 4.78 is 26.6. The standard InChI is InChI=1S/C16H23ClN2O3S/c1-13(2)3-8-16(20)18-9-11-19(12-10-18)23(21,22)15-6-4-14(17)5-7-15/h4-7,13H,3,8-12H2,1-2H3. The van der Waals surface area contributed by atoms with Gasteiger partial charge >= 0.3 is 0 Å². The van der Waals surface area contributed by atoms with Crippen molar-refractivity contribution in [2.24, 2.45) is 5.92 Å². The van der Waals surface area contributed by atoms with Crippen LogP contribution in [0.25, 0.3) is 0 Å². The summed E-state index contributed by atoms with van der Waals surface area (Å²) in [5.41, 5.74) is 0. The molecule has 0 aromatic heterocycles. The van der Waals surface area contributed by atoms with Crippen molar-refractivity contribution in [2.45, 2.75) is 31.6 Å². The highest BCUT2D eigenvalue weighted by atomic mass is 35.5. The topological polar surface area (TPSA) is 57.7 Å². The molecular formula is C16H23ClN2O3S. The number of nitrogens with zero attached hydrogens (tertiary/aromatic N) is 2. The van der Waals surface area contributed by atoms with Gasteiger partial charge in [0.15, 0.2) is 0 Å². The molecule has 1 aliphatic heterocycles. The van der Waals surface area contributed by atoms with Crippen molar-refractivity contribution in [3.05, 3.63) is 29.3 Å². The molecule has 5 nitrogen and oxygen atoms in total. The van der Waals surface area contributed by atoms with Crippen LogP contribution in [-0.2, 0) is 14.8 Å². The van der Waals surface area contributed by atoms with Gasteiger partial charge in [0.05, 0.1) is 4.90 Å². The van der Waals surface area contributed by atoms with Crippen LogP contribution in [0, 0.1) is 5.92 Å². The van der Waals surface area contributed by atoms with Crippen molar-refractivity contribution < 1.29 is 13.2 Å². The van der Waals surface area contributed by atoms with Crippen molar-refractivity contribution in [3.8, 4) is 0 Å². The Balaban J connectivity index is 1.95. The van der Waals surface area contributed by atoms with Crippen molar-refractivity contribution in [1.82, 2.24) is 9.21 Å². The zero-order chi connectivity index (χ0) is 17.0. The number of sulfonamides is 1. The Kier molecular flexibility index (Phi) is 6.06. The summed E-state index contributed by atoms with van der Waals surface area (Å²) in [7, 11) is -3.52. The molecule has 1 aromatic rings. The summed E-state index contributed by atoms with van der Waals surface area (Å²) in [6.07, 6.45) is 1.39. The van der Waals surface area contributed by atoms with Gasteiger partial charge in [0.1, 0.15) is 0 Å². The number of rotatable bonds is 5. The summed E-state index contributed by atoms with van der Waals surface area (Å²) in [6, 6.07) is 6.16. The molecule has 0 spiro atoms. The van der Waals surface area contributed by atoms with E-state index in [1.54, 1.807) is 17.0 Å².